The number of benzene rings is 1. The molecule has 17 heavy (non-hydrogen) atoms. The van der Waals surface area contributed by atoms with Gasteiger partial charge in [0.1, 0.15) is 4.90 Å². The maximum absolute atomic E-state index is 10.8. The molecule has 86 valence electrons. The van der Waals surface area contributed by atoms with E-state index in [2.05, 4.69) is 0 Å². The molecule has 1 aromatic carbocycles. The van der Waals surface area contributed by atoms with E-state index in [9.17, 15) is 18.0 Å². The minimum atomic E-state index is -4.69. The topological polar surface area (TPSA) is 129 Å². The van der Waals surface area contributed by atoms with Crippen LogP contribution >= 0.6 is 0 Å². The van der Waals surface area contributed by atoms with Crippen molar-refractivity contribution in [2.24, 2.45) is 0 Å². The first kappa shape index (κ1) is 16.1. The molecule has 0 saturated heterocycles. The molecule has 9 heteroatoms. The number of rotatable bonds is 3. The van der Waals surface area contributed by atoms with E-state index in [4.69, 9.17) is 14.8 Å². The monoisotopic (exact) mass is 269 g/mol. The quantitative estimate of drug-likeness (QED) is 0.403. The third-order valence-electron chi connectivity index (χ3n) is 1.73. The molecule has 0 aliphatic rings. The fourth-order valence-electron chi connectivity index (χ4n) is 1.06. The Kier molecular flexibility index (Phi) is 5.30. The Morgan fingerprint density at radius 2 is 1.59 bits per heavy atom. The summed E-state index contributed by atoms with van der Waals surface area (Å²) in [6.07, 6.45) is 0. The van der Waals surface area contributed by atoms with Gasteiger partial charge in [0.25, 0.3) is 10.1 Å². The number of carboxylic acids is 2. The Balaban J connectivity index is 0.00000256. The van der Waals surface area contributed by atoms with Crippen LogP contribution in [-0.4, -0.2) is 35.1 Å². The SMILES string of the molecule is O=C(O)c1ccc(S(=O)(=O)O)c(C(=O)O)c1.[Na+]. The minimum Gasteiger partial charge on any atom is -0.478 e. The van der Waals surface area contributed by atoms with Crippen LogP contribution in [-0.2, 0) is 10.1 Å². The number of carboxylic acid groups (broad SMARTS) is 2. The summed E-state index contributed by atoms with van der Waals surface area (Å²) >= 11 is 0. The van der Waals surface area contributed by atoms with E-state index in [1.165, 1.54) is 0 Å². The number of aromatic carboxylic acids is 2. The molecule has 0 amide bonds. The Hall–Kier alpha value is -0.930. The van der Waals surface area contributed by atoms with Crippen molar-refractivity contribution in [3.63, 3.8) is 0 Å². The first-order chi connectivity index (χ1) is 7.23. The Labute approximate surface area is 118 Å². The number of hydrogen-bond donors (Lipinski definition) is 3. The van der Waals surface area contributed by atoms with Crippen LogP contribution in [0.25, 0.3) is 0 Å². The molecule has 0 bridgehead atoms. The van der Waals surface area contributed by atoms with E-state index in [1.807, 2.05) is 0 Å². The molecular weight excluding hydrogens is 263 g/mol. The van der Waals surface area contributed by atoms with Crippen molar-refractivity contribution in [1.29, 1.82) is 0 Å². The van der Waals surface area contributed by atoms with E-state index in [0.717, 1.165) is 12.1 Å². The fraction of sp³-hybridized carbons (Fsp3) is 0. The second-order valence-electron chi connectivity index (χ2n) is 2.80. The van der Waals surface area contributed by atoms with Gasteiger partial charge in [-0.05, 0) is 18.2 Å². The minimum absolute atomic E-state index is 0. The summed E-state index contributed by atoms with van der Waals surface area (Å²) in [5.41, 5.74) is -1.17. The number of hydrogen-bond acceptors (Lipinski definition) is 4. The average molecular weight is 269 g/mol. The Bertz CT molecular complexity index is 563. The van der Waals surface area contributed by atoms with E-state index in [-0.39, 0.29) is 35.1 Å². The molecule has 0 unspecified atom stereocenters. The van der Waals surface area contributed by atoms with Gasteiger partial charge in [-0.25, -0.2) is 9.59 Å². The van der Waals surface area contributed by atoms with Gasteiger partial charge in [0, 0.05) is 0 Å². The van der Waals surface area contributed by atoms with Gasteiger partial charge in [0.15, 0.2) is 0 Å². The molecule has 0 spiro atoms. The van der Waals surface area contributed by atoms with Gasteiger partial charge in [-0.1, -0.05) is 0 Å². The fourth-order valence-corrected chi connectivity index (χ4v) is 1.72. The molecule has 1 aromatic rings. The summed E-state index contributed by atoms with van der Waals surface area (Å²) in [4.78, 5) is 20.4. The van der Waals surface area contributed by atoms with Crippen molar-refractivity contribution in [2.45, 2.75) is 4.90 Å². The van der Waals surface area contributed by atoms with E-state index < -0.39 is 32.5 Å². The molecule has 0 aromatic heterocycles. The van der Waals surface area contributed by atoms with Gasteiger partial charge < -0.3 is 10.2 Å². The third kappa shape index (κ3) is 3.79. The van der Waals surface area contributed by atoms with Crippen LogP contribution in [0.5, 0.6) is 0 Å². The standard InChI is InChI=1S/C8H6O7S.Na/c9-7(10)4-1-2-6(16(13,14)15)5(3-4)8(11)12;/h1-3H,(H,9,10)(H,11,12)(H,13,14,15);/q;+1. The zero-order valence-electron chi connectivity index (χ0n) is 8.61. The van der Waals surface area contributed by atoms with Crippen LogP contribution in [0.3, 0.4) is 0 Å². The molecular formula is C8H6NaO7S+. The molecule has 0 atom stereocenters. The predicted molar refractivity (Wildman–Crippen MR) is 50.2 cm³/mol. The van der Waals surface area contributed by atoms with Crippen molar-refractivity contribution in [3.05, 3.63) is 29.3 Å². The molecule has 0 saturated carbocycles. The third-order valence-corrected chi connectivity index (χ3v) is 2.65. The predicted octanol–water partition coefficient (Wildman–Crippen LogP) is -2.67. The van der Waals surface area contributed by atoms with Crippen molar-refractivity contribution in [3.8, 4) is 0 Å². The largest absolute Gasteiger partial charge is 1.00 e. The van der Waals surface area contributed by atoms with Gasteiger partial charge in [-0.15, -0.1) is 0 Å². The van der Waals surface area contributed by atoms with Crippen molar-refractivity contribution in [1.82, 2.24) is 0 Å². The molecule has 0 heterocycles. The second kappa shape index (κ2) is 5.61. The summed E-state index contributed by atoms with van der Waals surface area (Å²) in [5, 5.41) is 17.2. The molecule has 0 fully saturated rings. The molecule has 0 aliphatic carbocycles. The van der Waals surface area contributed by atoms with Crippen molar-refractivity contribution >= 4 is 22.1 Å². The molecule has 0 aliphatic heterocycles. The van der Waals surface area contributed by atoms with Gasteiger partial charge in [0.2, 0.25) is 0 Å². The van der Waals surface area contributed by atoms with Crippen LogP contribution < -0.4 is 29.6 Å². The van der Waals surface area contributed by atoms with Crippen LogP contribution in [0, 0.1) is 0 Å². The number of carbonyl (C=O) groups is 2. The van der Waals surface area contributed by atoms with Crippen LogP contribution in [0.2, 0.25) is 0 Å². The zero-order valence-corrected chi connectivity index (χ0v) is 11.4. The zero-order chi connectivity index (χ0) is 12.5. The van der Waals surface area contributed by atoms with Gasteiger partial charge in [0.05, 0.1) is 11.1 Å². The maximum Gasteiger partial charge on any atom is 1.00 e. The summed E-state index contributed by atoms with van der Waals surface area (Å²) in [7, 11) is -4.69. The van der Waals surface area contributed by atoms with E-state index in [0.29, 0.717) is 6.07 Å². The van der Waals surface area contributed by atoms with Crippen LogP contribution in [0.4, 0.5) is 0 Å². The van der Waals surface area contributed by atoms with Crippen molar-refractivity contribution < 1.29 is 62.3 Å². The molecule has 7 nitrogen and oxygen atoms in total. The van der Waals surface area contributed by atoms with E-state index >= 15 is 0 Å². The first-order valence-corrected chi connectivity index (χ1v) is 5.25. The van der Waals surface area contributed by atoms with Gasteiger partial charge in [-0.3, -0.25) is 4.55 Å². The van der Waals surface area contributed by atoms with Gasteiger partial charge in [-0.2, -0.15) is 8.42 Å². The summed E-state index contributed by atoms with van der Waals surface area (Å²) in [6.45, 7) is 0. The smallest absolute Gasteiger partial charge is 0.478 e. The molecule has 1 rings (SSSR count). The normalized spacial score (nSPS) is 10.4. The first-order valence-electron chi connectivity index (χ1n) is 3.81. The molecule has 0 radical (unpaired) electrons. The van der Waals surface area contributed by atoms with E-state index in [1.54, 1.807) is 0 Å². The average Bonchev–Trinajstić information content (AvgIpc) is 2.15. The van der Waals surface area contributed by atoms with Gasteiger partial charge >= 0.3 is 41.5 Å². The Morgan fingerprint density at radius 1 is 1.06 bits per heavy atom. The summed E-state index contributed by atoms with van der Waals surface area (Å²) < 4.78 is 30.3. The van der Waals surface area contributed by atoms with Crippen LogP contribution in [0.15, 0.2) is 23.1 Å². The summed E-state index contributed by atoms with van der Waals surface area (Å²) in [5.74, 6) is -3.04. The van der Waals surface area contributed by atoms with Crippen LogP contribution in [0.1, 0.15) is 20.7 Å². The summed E-state index contributed by atoms with van der Waals surface area (Å²) in [6, 6.07) is 2.27. The Morgan fingerprint density at radius 3 is 1.94 bits per heavy atom. The maximum atomic E-state index is 10.8. The second-order valence-corrected chi connectivity index (χ2v) is 4.19. The molecule has 3 N–H and O–H groups in total. The van der Waals surface area contributed by atoms with Crippen molar-refractivity contribution in [2.75, 3.05) is 0 Å².